The average molecular weight is 354 g/mol. The molecule has 1 unspecified atom stereocenters. The molecule has 2 aromatic rings. The number of carbonyl (C=O) groups excluding carboxylic acids is 2. The number of carbonyl (C=O) groups is 3. The van der Waals surface area contributed by atoms with E-state index in [0.29, 0.717) is 12.4 Å². The van der Waals surface area contributed by atoms with Gasteiger partial charge in [-0.15, -0.1) is 0 Å². The summed E-state index contributed by atoms with van der Waals surface area (Å²) in [7, 11) is 0. The molecular formula is C21H22O5. The number of benzene rings is 2. The Balaban J connectivity index is 2.25. The third kappa shape index (κ3) is 4.36. The molecule has 0 saturated carbocycles. The van der Waals surface area contributed by atoms with Crippen LogP contribution >= 0.6 is 0 Å². The highest BCUT2D eigenvalue weighted by molar-refractivity contribution is 6.14. The van der Waals surface area contributed by atoms with Crippen molar-refractivity contribution in [2.24, 2.45) is 5.41 Å². The molecule has 1 N–H and O–H groups in total. The van der Waals surface area contributed by atoms with E-state index in [1.165, 1.54) is 13.0 Å². The van der Waals surface area contributed by atoms with E-state index in [4.69, 9.17) is 4.74 Å². The second-order valence-electron chi connectivity index (χ2n) is 6.25. The number of carboxylic acids is 1. The van der Waals surface area contributed by atoms with Gasteiger partial charge in [0.2, 0.25) is 0 Å². The van der Waals surface area contributed by atoms with Crippen LogP contribution in [0.3, 0.4) is 0 Å². The zero-order valence-corrected chi connectivity index (χ0v) is 14.9. The lowest BCUT2D eigenvalue weighted by atomic mass is 9.74. The van der Waals surface area contributed by atoms with Crippen LogP contribution in [0.1, 0.15) is 42.6 Å². The first-order valence-corrected chi connectivity index (χ1v) is 8.43. The quantitative estimate of drug-likeness (QED) is 0.545. The second-order valence-corrected chi connectivity index (χ2v) is 6.25. The summed E-state index contributed by atoms with van der Waals surface area (Å²) in [6.07, 6.45) is -0.289. The van der Waals surface area contributed by atoms with Gasteiger partial charge in [0.15, 0.2) is 5.78 Å². The van der Waals surface area contributed by atoms with Gasteiger partial charge in [0.25, 0.3) is 0 Å². The summed E-state index contributed by atoms with van der Waals surface area (Å²) in [5, 5.41) is 9.62. The molecule has 0 fully saturated rings. The smallest absolute Gasteiger partial charge is 0.318 e. The number of ketones is 2. The summed E-state index contributed by atoms with van der Waals surface area (Å²) in [5.41, 5.74) is -0.542. The third-order valence-corrected chi connectivity index (χ3v) is 4.34. The zero-order chi connectivity index (χ0) is 19.2. The Morgan fingerprint density at radius 2 is 1.73 bits per heavy atom. The van der Waals surface area contributed by atoms with Crippen LogP contribution in [0.5, 0.6) is 5.75 Å². The van der Waals surface area contributed by atoms with E-state index in [-0.39, 0.29) is 24.2 Å². The first-order valence-electron chi connectivity index (χ1n) is 8.43. The lowest BCUT2D eigenvalue weighted by Gasteiger charge is -2.25. The summed E-state index contributed by atoms with van der Waals surface area (Å²) in [6.45, 7) is 3.23. The molecule has 2 rings (SSSR count). The number of rotatable bonds is 9. The van der Waals surface area contributed by atoms with Gasteiger partial charge < -0.3 is 9.84 Å². The molecule has 2 aromatic carbocycles. The van der Waals surface area contributed by atoms with Crippen molar-refractivity contribution in [1.29, 1.82) is 0 Å². The van der Waals surface area contributed by atoms with Crippen molar-refractivity contribution >= 4 is 17.5 Å². The SMILES string of the molecule is CCC(CC(C)=O)(C(=O)O)C(=O)c1cccc(OCc2ccccc2)c1. The van der Waals surface area contributed by atoms with E-state index in [1.807, 2.05) is 30.3 Å². The fraction of sp³-hybridized carbons (Fsp3) is 0.286. The number of carboxylic acid groups (broad SMARTS) is 1. The summed E-state index contributed by atoms with van der Waals surface area (Å²) < 4.78 is 5.70. The fourth-order valence-corrected chi connectivity index (χ4v) is 2.86. The van der Waals surface area contributed by atoms with Gasteiger partial charge in [0.05, 0.1) is 0 Å². The Bertz CT molecular complexity index is 797. The van der Waals surface area contributed by atoms with Crippen molar-refractivity contribution in [3.8, 4) is 5.75 Å². The molecule has 5 heteroatoms. The van der Waals surface area contributed by atoms with Gasteiger partial charge in [-0.2, -0.15) is 0 Å². The van der Waals surface area contributed by atoms with Crippen LogP contribution in [-0.4, -0.2) is 22.6 Å². The van der Waals surface area contributed by atoms with E-state index < -0.39 is 17.2 Å². The number of Topliss-reactive ketones (excluding diaryl/α,β-unsaturated/α-hetero) is 2. The Morgan fingerprint density at radius 3 is 2.31 bits per heavy atom. The lowest BCUT2D eigenvalue weighted by molar-refractivity contribution is -0.148. The number of ether oxygens (including phenoxy) is 1. The average Bonchev–Trinajstić information content (AvgIpc) is 2.64. The van der Waals surface area contributed by atoms with Crippen molar-refractivity contribution in [2.75, 3.05) is 0 Å². The summed E-state index contributed by atoms with van der Waals surface area (Å²) >= 11 is 0. The predicted molar refractivity (Wildman–Crippen MR) is 97.2 cm³/mol. The highest BCUT2D eigenvalue weighted by Gasteiger charge is 2.45. The maximum absolute atomic E-state index is 12.9. The van der Waals surface area contributed by atoms with E-state index in [2.05, 4.69) is 0 Å². The summed E-state index contributed by atoms with van der Waals surface area (Å²) in [4.78, 5) is 36.3. The van der Waals surface area contributed by atoms with Crippen LogP contribution in [0.4, 0.5) is 0 Å². The van der Waals surface area contributed by atoms with Gasteiger partial charge in [0.1, 0.15) is 23.6 Å². The normalized spacial score (nSPS) is 12.8. The molecule has 0 heterocycles. The molecule has 26 heavy (non-hydrogen) atoms. The maximum Gasteiger partial charge on any atom is 0.318 e. The molecule has 136 valence electrons. The van der Waals surface area contributed by atoms with Crippen LogP contribution in [0.2, 0.25) is 0 Å². The van der Waals surface area contributed by atoms with Gasteiger partial charge in [-0.05, 0) is 31.0 Å². The van der Waals surface area contributed by atoms with Gasteiger partial charge in [-0.25, -0.2) is 0 Å². The molecule has 0 aromatic heterocycles. The van der Waals surface area contributed by atoms with Crippen molar-refractivity contribution in [2.45, 2.75) is 33.3 Å². The Kier molecular flexibility index (Phi) is 6.28. The van der Waals surface area contributed by atoms with Crippen LogP contribution in [0, 0.1) is 5.41 Å². The Labute approximate surface area is 152 Å². The first-order chi connectivity index (χ1) is 12.4. The third-order valence-electron chi connectivity index (χ3n) is 4.34. The maximum atomic E-state index is 12.9. The number of aliphatic carboxylic acids is 1. The lowest BCUT2D eigenvalue weighted by Crippen LogP contribution is -2.40. The molecular weight excluding hydrogens is 332 g/mol. The monoisotopic (exact) mass is 354 g/mol. The Morgan fingerprint density at radius 1 is 1.04 bits per heavy atom. The predicted octanol–water partition coefficient (Wildman–Crippen LogP) is 3.91. The standard InChI is InChI=1S/C21H22O5/c1-3-21(20(24)25,13-15(2)22)19(23)17-10-7-11-18(12-17)26-14-16-8-5-4-6-9-16/h4-12H,3,13-14H2,1-2H3,(H,24,25). The number of hydrogen-bond donors (Lipinski definition) is 1. The van der Waals surface area contributed by atoms with Gasteiger partial charge in [-0.1, -0.05) is 49.4 Å². The van der Waals surface area contributed by atoms with Gasteiger partial charge >= 0.3 is 5.97 Å². The highest BCUT2D eigenvalue weighted by atomic mass is 16.5. The minimum Gasteiger partial charge on any atom is -0.489 e. The summed E-state index contributed by atoms with van der Waals surface area (Å²) in [5.74, 6) is -1.72. The van der Waals surface area contributed by atoms with Crippen LogP contribution in [-0.2, 0) is 16.2 Å². The molecule has 0 radical (unpaired) electrons. The molecule has 1 atom stereocenters. The zero-order valence-electron chi connectivity index (χ0n) is 14.9. The minimum atomic E-state index is -1.75. The van der Waals surface area contributed by atoms with Crippen molar-refractivity contribution in [3.63, 3.8) is 0 Å². The van der Waals surface area contributed by atoms with E-state index >= 15 is 0 Å². The number of hydrogen-bond acceptors (Lipinski definition) is 4. The highest BCUT2D eigenvalue weighted by Crippen LogP contribution is 2.33. The van der Waals surface area contributed by atoms with Crippen LogP contribution in [0.15, 0.2) is 54.6 Å². The largest absolute Gasteiger partial charge is 0.489 e. The van der Waals surface area contributed by atoms with Crippen molar-refractivity contribution < 1.29 is 24.2 Å². The van der Waals surface area contributed by atoms with E-state index in [9.17, 15) is 19.5 Å². The van der Waals surface area contributed by atoms with Crippen molar-refractivity contribution in [1.82, 2.24) is 0 Å². The molecule has 5 nitrogen and oxygen atoms in total. The van der Waals surface area contributed by atoms with Crippen LogP contribution in [0.25, 0.3) is 0 Å². The molecule has 0 bridgehead atoms. The fourth-order valence-electron chi connectivity index (χ4n) is 2.86. The Hall–Kier alpha value is -2.95. The second kappa shape index (κ2) is 8.43. The van der Waals surface area contributed by atoms with Gasteiger partial charge in [0, 0.05) is 12.0 Å². The summed E-state index contributed by atoms with van der Waals surface area (Å²) in [6, 6.07) is 16.0. The molecule has 0 spiro atoms. The minimum absolute atomic E-state index is 0.0375. The van der Waals surface area contributed by atoms with Gasteiger partial charge in [-0.3, -0.25) is 14.4 Å². The first kappa shape index (κ1) is 19.4. The topological polar surface area (TPSA) is 80.7 Å². The van der Waals surface area contributed by atoms with Crippen LogP contribution < -0.4 is 4.74 Å². The molecule has 0 aliphatic heterocycles. The molecule has 0 aliphatic carbocycles. The molecule has 0 amide bonds. The van der Waals surface area contributed by atoms with E-state index in [0.717, 1.165) is 5.56 Å². The molecule has 0 aliphatic rings. The van der Waals surface area contributed by atoms with Crippen molar-refractivity contribution in [3.05, 3.63) is 65.7 Å². The molecule has 0 saturated heterocycles. The van der Waals surface area contributed by atoms with E-state index in [1.54, 1.807) is 25.1 Å².